The first-order chi connectivity index (χ1) is 7.84. The van der Waals surface area contributed by atoms with Crippen LogP contribution in [0.3, 0.4) is 0 Å². The fourth-order valence-corrected chi connectivity index (χ4v) is 2.20. The van der Waals surface area contributed by atoms with Crippen LogP contribution in [0.1, 0.15) is 47.5 Å². The number of hydrogen-bond acceptors (Lipinski definition) is 2. The molecule has 0 N–H and O–H groups in total. The van der Waals surface area contributed by atoms with Crippen molar-refractivity contribution in [2.75, 3.05) is 14.2 Å². The predicted molar refractivity (Wildman–Crippen MR) is 71.9 cm³/mol. The number of ether oxygens (including phenoxy) is 1. The van der Waals surface area contributed by atoms with Crippen molar-refractivity contribution in [2.24, 2.45) is 11.8 Å². The van der Waals surface area contributed by atoms with Crippen molar-refractivity contribution in [2.45, 2.75) is 59.6 Å². The van der Waals surface area contributed by atoms with Gasteiger partial charge in [0.2, 0.25) is 5.91 Å². The highest BCUT2D eigenvalue weighted by atomic mass is 16.5. The van der Waals surface area contributed by atoms with Crippen LogP contribution in [0.25, 0.3) is 0 Å². The van der Waals surface area contributed by atoms with Crippen LogP contribution >= 0.6 is 0 Å². The molecule has 1 amide bonds. The molecule has 0 aromatic heterocycles. The molecule has 0 spiro atoms. The highest BCUT2D eigenvalue weighted by Crippen LogP contribution is 2.20. The maximum atomic E-state index is 12.1. The van der Waals surface area contributed by atoms with E-state index in [0.29, 0.717) is 18.3 Å². The van der Waals surface area contributed by atoms with Crippen LogP contribution in [-0.2, 0) is 9.53 Å². The third-order valence-electron chi connectivity index (χ3n) is 3.50. The maximum Gasteiger partial charge on any atom is 0.222 e. The lowest BCUT2D eigenvalue weighted by Crippen LogP contribution is -2.48. The van der Waals surface area contributed by atoms with Gasteiger partial charge in [-0.25, -0.2) is 0 Å². The average molecular weight is 243 g/mol. The van der Waals surface area contributed by atoms with Crippen molar-refractivity contribution < 1.29 is 9.53 Å². The van der Waals surface area contributed by atoms with E-state index >= 15 is 0 Å². The van der Waals surface area contributed by atoms with Crippen molar-refractivity contribution in [1.29, 1.82) is 0 Å². The van der Waals surface area contributed by atoms with Gasteiger partial charge in [-0.1, -0.05) is 34.1 Å². The Kier molecular flexibility index (Phi) is 7.44. The second kappa shape index (κ2) is 7.70. The lowest BCUT2D eigenvalue weighted by atomic mass is 9.93. The van der Waals surface area contributed by atoms with Gasteiger partial charge in [0.15, 0.2) is 0 Å². The molecule has 102 valence electrons. The van der Waals surface area contributed by atoms with Gasteiger partial charge in [-0.2, -0.15) is 0 Å². The van der Waals surface area contributed by atoms with Crippen LogP contribution in [0.5, 0.6) is 0 Å². The number of carbonyl (C=O) groups excluding carboxylic acids is 1. The quantitative estimate of drug-likeness (QED) is 0.688. The molecule has 0 heterocycles. The first-order valence-corrected chi connectivity index (χ1v) is 6.63. The predicted octanol–water partition coefficient (Wildman–Crippen LogP) is 2.94. The fraction of sp³-hybridized carbons (Fsp3) is 0.929. The van der Waals surface area contributed by atoms with Crippen molar-refractivity contribution >= 4 is 5.91 Å². The summed E-state index contributed by atoms with van der Waals surface area (Å²) in [6, 6.07) is 0.163. The molecule has 0 aliphatic rings. The van der Waals surface area contributed by atoms with Crippen molar-refractivity contribution in [3.63, 3.8) is 0 Å². The van der Waals surface area contributed by atoms with Gasteiger partial charge in [-0.15, -0.1) is 0 Å². The van der Waals surface area contributed by atoms with Gasteiger partial charge in [-0.3, -0.25) is 4.79 Å². The lowest BCUT2D eigenvalue weighted by molar-refractivity contribution is -0.137. The molecule has 3 atom stereocenters. The molecule has 0 aliphatic heterocycles. The molecule has 0 aliphatic carbocycles. The smallest absolute Gasteiger partial charge is 0.222 e. The van der Waals surface area contributed by atoms with Crippen molar-refractivity contribution in [1.82, 2.24) is 4.90 Å². The highest BCUT2D eigenvalue weighted by molar-refractivity contribution is 5.76. The Labute approximate surface area is 107 Å². The molecular formula is C14H29NO2. The summed E-state index contributed by atoms with van der Waals surface area (Å²) in [6.07, 6.45) is 1.74. The summed E-state index contributed by atoms with van der Waals surface area (Å²) in [5.74, 6) is 1.07. The van der Waals surface area contributed by atoms with E-state index in [1.165, 1.54) is 0 Å². The van der Waals surface area contributed by atoms with Crippen LogP contribution in [-0.4, -0.2) is 37.1 Å². The van der Waals surface area contributed by atoms with Gasteiger partial charge < -0.3 is 9.64 Å². The molecule has 17 heavy (non-hydrogen) atoms. The zero-order chi connectivity index (χ0) is 13.6. The topological polar surface area (TPSA) is 29.5 Å². The molecule has 0 saturated heterocycles. The molecule has 0 bridgehead atoms. The van der Waals surface area contributed by atoms with E-state index in [1.807, 2.05) is 18.9 Å². The largest absolute Gasteiger partial charge is 0.380 e. The number of rotatable bonds is 7. The van der Waals surface area contributed by atoms with Crippen LogP contribution < -0.4 is 0 Å². The van der Waals surface area contributed by atoms with Gasteiger partial charge >= 0.3 is 0 Å². The minimum atomic E-state index is 0.0751. The van der Waals surface area contributed by atoms with E-state index in [9.17, 15) is 4.79 Å². The summed E-state index contributed by atoms with van der Waals surface area (Å²) >= 11 is 0. The van der Waals surface area contributed by atoms with Gasteiger partial charge in [0.25, 0.3) is 0 Å². The molecule has 0 fully saturated rings. The van der Waals surface area contributed by atoms with E-state index in [1.54, 1.807) is 7.11 Å². The number of likely N-dealkylation sites (N-methyl/N-ethyl adjacent to an activating group) is 1. The number of hydrogen-bond donors (Lipinski definition) is 0. The monoisotopic (exact) mass is 243 g/mol. The molecular weight excluding hydrogens is 214 g/mol. The molecule has 0 saturated carbocycles. The van der Waals surface area contributed by atoms with E-state index in [2.05, 4.69) is 27.7 Å². The Morgan fingerprint density at radius 1 is 1.24 bits per heavy atom. The summed E-state index contributed by atoms with van der Waals surface area (Å²) in [6.45, 7) is 10.5. The zero-order valence-electron chi connectivity index (χ0n) is 12.5. The Morgan fingerprint density at radius 3 is 2.12 bits per heavy atom. The third kappa shape index (κ3) is 5.07. The lowest BCUT2D eigenvalue weighted by Gasteiger charge is -2.36. The SMILES string of the molecule is CC[C@H](C)[C@@H]([C@@H](C)OC)N(C)C(=O)CC(C)C. The Morgan fingerprint density at radius 2 is 1.76 bits per heavy atom. The minimum Gasteiger partial charge on any atom is -0.380 e. The Balaban J connectivity index is 4.73. The molecule has 0 aromatic rings. The summed E-state index contributed by atoms with van der Waals surface area (Å²) < 4.78 is 5.42. The Bertz CT molecular complexity index is 218. The standard InChI is InChI=1S/C14H29NO2/c1-8-11(4)14(12(5)17-7)15(6)13(16)9-10(2)3/h10-12,14H,8-9H2,1-7H3/t11-,12+,14-/m0/s1. The molecule has 0 radical (unpaired) electrons. The average Bonchev–Trinajstić information content (AvgIpc) is 2.27. The molecule has 0 rings (SSSR count). The van der Waals surface area contributed by atoms with E-state index in [4.69, 9.17) is 4.74 Å². The first-order valence-electron chi connectivity index (χ1n) is 6.63. The van der Waals surface area contributed by atoms with Crippen LogP contribution in [0.2, 0.25) is 0 Å². The highest BCUT2D eigenvalue weighted by Gasteiger charge is 2.29. The molecule has 0 unspecified atom stereocenters. The van der Waals surface area contributed by atoms with Crippen molar-refractivity contribution in [3.05, 3.63) is 0 Å². The second-order valence-electron chi connectivity index (χ2n) is 5.42. The fourth-order valence-electron chi connectivity index (χ4n) is 2.20. The first kappa shape index (κ1) is 16.4. The van der Waals surface area contributed by atoms with Crippen LogP contribution in [0.15, 0.2) is 0 Å². The molecule has 3 nitrogen and oxygen atoms in total. The molecule has 0 aromatic carbocycles. The van der Waals surface area contributed by atoms with Crippen LogP contribution in [0, 0.1) is 11.8 Å². The summed E-state index contributed by atoms with van der Waals surface area (Å²) in [4.78, 5) is 14.0. The summed E-state index contributed by atoms with van der Waals surface area (Å²) in [5.41, 5.74) is 0. The normalized spacial score (nSPS) is 16.7. The van der Waals surface area contributed by atoms with Gasteiger partial charge in [-0.05, 0) is 18.8 Å². The number of methoxy groups -OCH3 is 1. The third-order valence-corrected chi connectivity index (χ3v) is 3.50. The zero-order valence-corrected chi connectivity index (χ0v) is 12.5. The van der Waals surface area contributed by atoms with E-state index in [0.717, 1.165) is 6.42 Å². The van der Waals surface area contributed by atoms with Gasteiger partial charge in [0, 0.05) is 20.6 Å². The van der Waals surface area contributed by atoms with E-state index < -0.39 is 0 Å². The number of amides is 1. The van der Waals surface area contributed by atoms with Crippen molar-refractivity contribution in [3.8, 4) is 0 Å². The Hall–Kier alpha value is -0.570. The number of nitrogens with zero attached hydrogens (tertiary/aromatic N) is 1. The van der Waals surface area contributed by atoms with Gasteiger partial charge in [0.1, 0.15) is 0 Å². The van der Waals surface area contributed by atoms with E-state index in [-0.39, 0.29) is 18.1 Å². The maximum absolute atomic E-state index is 12.1. The summed E-state index contributed by atoms with van der Waals surface area (Å²) in [7, 11) is 3.61. The summed E-state index contributed by atoms with van der Waals surface area (Å²) in [5, 5.41) is 0. The minimum absolute atomic E-state index is 0.0751. The van der Waals surface area contributed by atoms with Gasteiger partial charge in [0.05, 0.1) is 12.1 Å². The van der Waals surface area contributed by atoms with Crippen LogP contribution in [0.4, 0.5) is 0 Å². The molecule has 3 heteroatoms. The number of carbonyl (C=O) groups is 1. The second-order valence-corrected chi connectivity index (χ2v) is 5.42.